The first-order valence-corrected chi connectivity index (χ1v) is 7.30. The fourth-order valence-electron chi connectivity index (χ4n) is 1.21. The van der Waals surface area contributed by atoms with E-state index in [-0.39, 0.29) is 5.24 Å². The summed E-state index contributed by atoms with van der Waals surface area (Å²) in [6.45, 7) is 0. The number of carbonyl (C=O) groups excluding carboxylic acids is 1. The molecule has 0 atom stereocenters. The molecule has 2 nitrogen and oxygen atoms in total. The normalized spacial score (nSPS) is 10.7. The molecule has 92 valence electrons. The Morgan fingerprint density at radius 3 is 2.72 bits per heavy atom. The summed E-state index contributed by atoms with van der Waals surface area (Å²) in [6, 6.07) is 9.14. The maximum atomic E-state index is 11.6. The van der Waals surface area contributed by atoms with Crippen LogP contribution in [0.15, 0.2) is 52.2 Å². The topological polar surface area (TPSA) is 29.1 Å². The Labute approximate surface area is 119 Å². The van der Waals surface area contributed by atoms with Gasteiger partial charge >= 0.3 is 0 Å². The Kier molecular flexibility index (Phi) is 4.87. The summed E-state index contributed by atoms with van der Waals surface area (Å²) in [5.41, 5.74) is 1.08. The highest BCUT2D eigenvalue weighted by Gasteiger charge is 2.01. The van der Waals surface area contributed by atoms with Gasteiger partial charge in [-0.2, -0.15) is 11.3 Å². The van der Waals surface area contributed by atoms with Crippen LogP contribution in [0.4, 0.5) is 4.79 Å². The predicted molar refractivity (Wildman–Crippen MR) is 79.2 cm³/mol. The van der Waals surface area contributed by atoms with Gasteiger partial charge in [0, 0.05) is 16.1 Å². The molecule has 0 spiro atoms. The summed E-state index contributed by atoms with van der Waals surface area (Å²) in [7, 11) is 0. The van der Waals surface area contributed by atoms with E-state index in [4.69, 9.17) is 11.6 Å². The number of thiophene rings is 1. The largest absolute Gasteiger partial charge is 0.323 e. The van der Waals surface area contributed by atoms with Crippen LogP contribution in [0.2, 0.25) is 5.02 Å². The Morgan fingerprint density at radius 2 is 2.06 bits per heavy atom. The first-order valence-electron chi connectivity index (χ1n) is 5.17. The predicted octanol–water partition coefficient (Wildman–Crippen LogP) is 4.87. The van der Waals surface area contributed by atoms with E-state index in [0.29, 0.717) is 5.02 Å². The van der Waals surface area contributed by atoms with E-state index in [0.717, 1.165) is 22.2 Å². The molecule has 0 saturated heterocycles. The number of hydrogen-bond acceptors (Lipinski definition) is 3. The van der Waals surface area contributed by atoms with Gasteiger partial charge in [0.2, 0.25) is 0 Å². The molecule has 2 aromatic rings. The third kappa shape index (κ3) is 4.22. The molecule has 1 aromatic heterocycles. The molecule has 1 N–H and O–H groups in total. The minimum atomic E-state index is -0.121. The molecular weight excluding hydrogens is 286 g/mol. The minimum Gasteiger partial charge on any atom is -0.323 e. The van der Waals surface area contributed by atoms with Gasteiger partial charge in [-0.3, -0.25) is 4.79 Å². The molecular formula is C13H10ClNOS2. The van der Waals surface area contributed by atoms with Gasteiger partial charge in [-0.25, -0.2) is 0 Å². The van der Waals surface area contributed by atoms with Crippen molar-refractivity contribution in [3.63, 3.8) is 0 Å². The van der Waals surface area contributed by atoms with Crippen molar-refractivity contribution in [1.82, 2.24) is 5.32 Å². The molecule has 1 amide bonds. The van der Waals surface area contributed by atoms with Crippen LogP contribution in [0.1, 0.15) is 5.56 Å². The standard InChI is InChI=1S/C13H10ClNOS2/c14-11-1-3-12(4-2-11)18-13(16)15-7-5-10-6-8-17-9-10/h1-9H,(H,15,16)/b7-5+. The van der Waals surface area contributed by atoms with Crippen LogP contribution in [0.3, 0.4) is 0 Å². The lowest BCUT2D eigenvalue weighted by atomic mass is 10.3. The fourth-order valence-corrected chi connectivity index (χ4v) is 2.58. The van der Waals surface area contributed by atoms with Crippen molar-refractivity contribution in [2.45, 2.75) is 4.90 Å². The number of amides is 1. The highest BCUT2D eigenvalue weighted by atomic mass is 35.5. The van der Waals surface area contributed by atoms with Crippen LogP contribution in [0, 0.1) is 0 Å². The van der Waals surface area contributed by atoms with Gasteiger partial charge in [-0.15, -0.1) is 0 Å². The molecule has 1 aromatic carbocycles. The van der Waals surface area contributed by atoms with Crippen molar-refractivity contribution in [3.05, 3.63) is 57.9 Å². The lowest BCUT2D eigenvalue weighted by Crippen LogP contribution is -2.09. The smallest absolute Gasteiger partial charge is 0.287 e. The average molecular weight is 296 g/mol. The van der Waals surface area contributed by atoms with E-state index in [1.165, 1.54) is 0 Å². The fraction of sp³-hybridized carbons (Fsp3) is 0. The summed E-state index contributed by atoms with van der Waals surface area (Å²) in [6.07, 6.45) is 3.50. The van der Waals surface area contributed by atoms with Gasteiger partial charge in [-0.1, -0.05) is 11.6 Å². The zero-order chi connectivity index (χ0) is 12.8. The summed E-state index contributed by atoms with van der Waals surface area (Å²) in [5, 5.41) is 7.24. The van der Waals surface area contributed by atoms with E-state index in [2.05, 4.69) is 5.32 Å². The van der Waals surface area contributed by atoms with Crippen LogP contribution < -0.4 is 5.32 Å². The van der Waals surface area contributed by atoms with Crippen molar-refractivity contribution < 1.29 is 4.79 Å². The lowest BCUT2D eigenvalue weighted by Gasteiger charge is -1.99. The summed E-state index contributed by atoms with van der Waals surface area (Å²) in [4.78, 5) is 12.5. The van der Waals surface area contributed by atoms with Gasteiger partial charge in [0.1, 0.15) is 0 Å². The zero-order valence-corrected chi connectivity index (χ0v) is 11.7. The molecule has 0 aliphatic rings. The number of benzene rings is 1. The number of thioether (sulfide) groups is 1. The molecule has 0 aliphatic heterocycles. The van der Waals surface area contributed by atoms with Crippen molar-refractivity contribution >= 4 is 46.0 Å². The van der Waals surface area contributed by atoms with Gasteiger partial charge in [0.05, 0.1) is 0 Å². The van der Waals surface area contributed by atoms with Crippen LogP contribution in [-0.2, 0) is 0 Å². The van der Waals surface area contributed by atoms with Gasteiger partial charge in [0.15, 0.2) is 0 Å². The monoisotopic (exact) mass is 295 g/mol. The second-order valence-electron chi connectivity index (χ2n) is 3.38. The Morgan fingerprint density at radius 1 is 1.28 bits per heavy atom. The molecule has 0 fully saturated rings. The van der Waals surface area contributed by atoms with Crippen LogP contribution in [0.25, 0.3) is 6.08 Å². The third-order valence-corrected chi connectivity index (χ3v) is 3.81. The Balaban J connectivity index is 1.84. The lowest BCUT2D eigenvalue weighted by molar-refractivity contribution is 0.263. The van der Waals surface area contributed by atoms with E-state index < -0.39 is 0 Å². The molecule has 0 saturated carbocycles. The molecule has 2 rings (SSSR count). The van der Waals surface area contributed by atoms with E-state index in [9.17, 15) is 4.79 Å². The van der Waals surface area contributed by atoms with Crippen molar-refractivity contribution in [1.29, 1.82) is 0 Å². The van der Waals surface area contributed by atoms with Crippen LogP contribution in [-0.4, -0.2) is 5.24 Å². The van der Waals surface area contributed by atoms with E-state index >= 15 is 0 Å². The number of carbonyl (C=O) groups is 1. The highest BCUT2D eigenvalue weighted by Crippen LogP contribution is 2.20. The first kappa shape index (κ1) is 13.2. The number of hydrogen-bond donors (Lipinski definition) is 1. The van der Waals surface area contributed by atoms with Gasteiger partial charge in [-0.05, 0) is 64.5 Å². The third-order valence-electron chi connectivity index (χ3n) is 2.04. The molecule has 0 bridgehead atoms. The van der Waals surface area contributed by atoms with Gasteiger partial charge in [0.25, 0.3) is 5.24 Å². The van der Waals surface area contributed by atoms with E-state index in [1.807, 2.05) is 35.0 Å². The van der Waals surface area contributed by atoms with Crippen molar-refractivity contribution in [2.24, 2.45) is 0 Å². The minimum absolute atomic E-state index is 0.121. The molecule has 1 heterocycles. The second kappa shape index (κ2) is 6.64. The SMILES string of the molecule is O=C(N/C=C/c1ccsc1)Sc1ccc(Cl)cc1. The quantitative estimate of drug-likeness (QED) is 0.818. The first-order chi connectivity index (χ1) is 8.74. The number of rotatable bonds is 3. The van der Waals surface area contributed by atoms with E-state index in [1.54, 1.807) is 29.7 Å². The Bertz CT molecular complexity index is 535. The second-order valence-corrected chi connectivity index (χ2v) is 5.64. The molecule has 0 radical (unpaired) electrons. The zero-order valence-electron chi connectivity index (χ0n) is 9.30. The van der Waals surface area contributed by atoms with Crippen LogP contribution >= 0.6 is 34.7 Å². The molecule has 18 heavy (non-hydrogen) atoms. The van der Waals surface area contributed by atoms with Crippen molar-refractivity contribution in [3.8, 4) is 0 Å². The summed E-state index contributed by atoms with van der Waals surface area (Å²) >= 11 is 8.52. The van der Waals surface area contributed by atoms with Gasteiger partial charge < -0.3 is 5.32 Å². The maximum absolute atomic E-state index is 11.6. The van der Waals surface area contributed by atoms with Crippen molar-refractivity contribution in [2.75, 3.05) is 0 Å². The average Bonchev–Trinajstić information content (AvgIpc) is 2.85. The highest BCUT2D eigenvalue weighted by molar-refractivity contribution is 8.13. The summed E-state index contributed by atoms with van der Waals surface area (Å²) in [5.74, 6) is 0. The summed E-state index contributed by atoms with van der Waals surface area (Å²) < 4.78 is 0. The molecule has 0 aliphatic carbocycles. The Hall–Kier alpha value is -1.23. The maximum Gasteiger partial charge on any atom is 0.287 e. The molecule has 0 unspecified atom stereocenters. The number of nitrogens with one attached hydrogen (secondary N) is 1. The van der Waals surface area contributed by atoms with Crippen LogP contribution in [0.5, 0.6) is 0 Å². The number of halogens is 1. The molecule has 5 heteroatoms.